The third-order valence-corrected chi connectivity index (χ3v) is 4.48. The van der Waals surface area contributed by atoms with Gasteiger partial charge in [0.2, 0.25) is 0 Å². The van der Waals surface area contributed by atoms with Gasteiger partial charge in [-0.05, 0) is 34.5 Å². The quantitative estimate of drug-likeness (QED) is 0.876. The zero-order chi connectivity index (χ0) is 16.3. The molecule has 1 aliphatic rings. The number of ether oxygens (including phenoxy) is 1. The normalized spacial score (nSPS) is 22.7. The van der Waals surface area contributed by atoms with Gasteiger partial charge in [-0.25, -0.2) is 4.79 Å². The molecule has 1 aliphatic heterocycles. The highest BCUT2D eigenvalue weighted by Gasteiger charge is 2.52. The second-order valence-corrected chi connectivity index (χ2v) is 5.89. The largest absolute Gasteiger partial charge is 0.466 e. The van der Waals surface area contributed by atoms with E-state index in [2.05, 4.69) is 15.5 Å². The monoisotopic (exact) mass is 329 g/mol. The highest BCUT2D eigenvalue weighted by molar-refractivity contribution is 7.08. The van der Waals surface area contributed by atoms with Crippen molar-refractivity contribution in [3.8, 4) is 0 Å². The predicted molar refractivity (Wildman–Crippen MR) is 85.4 cm³/mol. The Balaban J connectivity index is 1.96. The van der Waals surface area contributed by atoms with Crippen molar-refractivity contribution in [2.45, 2.75) is 11.6 Å². The average molecular weight is 329 g/mol. The van der Waals surface area contributed by atoms with Crippen LogP contribution in [0, 0.1) is 0 Å². The molecule has 2 heterocycles. The molecule has 118 valence electrons. The summed E-state index contributed by atoms with van der Waals surface area (Å²) in [5.41, 5.74) is -0.177. The summed E-state index contributed by atoms with van der Waals surface area (Å²) in [5, 5.41) is 14.6. The number of carbonyl (C=O) groups excluding carboxylic acids is 2. The van der Waals surface area contributed by atoms with E-state index in [-0.39, 0.29) is 5.92 Å². The number of thiophene rings is 1. The minimum Gasteiger partial charge on any atom is -0.466 e. The maximum Gasteiger partial charge on any atom is 0.357 e. The Kier molecular flexibility index (Phi) is 4.20. The molecule has 2 unspecified atom stereocenters. The highest BCUT2D eigenvalue weighted by atomic mass is 32.1. The summed E-state index contributed by atoms with van der Waals surface area (Å²) < 4.78 is 4.90. The van der Waals surface area contributed by atoms with E-state index in [0.29, 0.717) is 12.1 Å². The summed E-state index contributed by atoms with van der Waals surface area (Å²) >= 11 is 1.51. The van der Waals surface area contributed by atoms with Crippen LogP contribution in [0.15, 0.2) is 57.4 Å². The molecule has 0 bridgehead atoms. The van der Waals surface area contributed by atoms with Crippen LogP contribution in [0.2, 0.25) is 0 Å². The molecule has 3 rings (SSSR count). The second kappa shape index (κ2) is 6.29. The van der Waals surface area contributed by atoms with Gasteiger partial charge >= 0.3 is 5.97 Å². The van der Waals surface area contributed by atoms with Crippen LogP contribution in [0.3, 0.4) is 0 Å². The molecule has 0 radical (unpaired) electrons. The number of esters is 1. The highest BCUT2D eigenvalue weighted by Crippen LogP contribution is 2.37. The number of hydrogen-bond donors (Lipinski definition) is 1. The number of nitrogens with one attached hydrogen (secondary N) is 1. The Morgan fingerprint density at radius 2 is 2.09 bits per heavy atom. The zero-order valence-electron chi connectivity index (χ0n) is 12.4. The fourth-order valence-corrected chi connectivity index (χ4v) is 3.31. The third kappa shape index (κ3) is 2.75. The lowest BCUT2D eigenvalue weighted by atomic mass is 9.88. The lowest BCUT2D eigenvalue weighted by Gasteiger charge is -2.29. The van der Waals surface area contributed by atoms with Crippen LogP contribution in [-0.2, 0) is 9.53 Å². The number of rotatable bonds is 4. The van der Waals surface area contributed by atoms with Crippen LogP contribution >= 0.6 is 11.3 Å². The zero-order valence-corrected chi connectivity index (χ0v) is 13.2. The van der Waals surface area contributed by atoms with Crippen LogP contribution in [0.1, 0.15) is 21.8 Å². The Hall–Kier alpha value is -2.54. The van der Waals surface area contributed by atoms with E-state index in [4.69, 9.17) is 4.74 Å². The van der Waals surface area contributed by atoms with Crippen LogP contribution in [0.5, 0.6) is 0 Å². The molecule has 23 heavy (non-hydrogen) atoms. The van der Waals surface area contributed by atoms with Gasteiger partial charge in [0, 0.05) is 5.56 Å². The van der Waals surface area contributed by atoms with Crippen LogP contribution < -0.4 is 5.32 Å². The SMILES string of the molecule is COC(=O)C1(NC(=O)c2ccccc2)N=NCC1c1ccsc1. The molecule has 6 nitrogen and oxygen atoms in total. The van der Waals surface area contributed by atoms with Crippen LogP contribution in [0.25, 0.3) is 0 Å². The van der Waals surface area contributed by atoms with E-state index in [1.165, 1.54) is 18.4 Å². The second-order valence-electron chi connectivity index (χ2n) is 5.11. The molecule has 2 atom stereocenters. The number of hydrogen-bond acceptors (Lipinski definition) is 6. The van der Waals surface area contributed by atoms with Gasteiger partial charge in [0.25, 0.3) is 11.6 Å². The summed E-state index contributed by atoms with van der Waals surface area (Å²) in [4.78, 5) is 24.9. The summed E-state index contributed by atoms with van der Waals surface area (Å²) in [6, 6.07) is 10.6. The number of azo groups is 1. The minimum atomic E-state index is -1.53. The number of methoxy groups -OCH3 is 1. The Morgan fingerprint density at radius 1 is 1.30 bits per heavy atom. The summed E-state index contributed by atoms with van der Waals surface area (Å²) in [6.45, 7) is 0.320. The first-order chi connectivity index (χ1) is 11.2. The van der Waals surface area contributed by atoms with Crippen molar-refractivity contribution in [3.05, 3.63) is 58.3 Å². The number of nitrogens with zero attached hydrogens (tertiary/aromatic N) is 2. The minimum absolute atomic E-state index is 0.320. The van der Waals surface area contributed by atoms with Crippen molar-refractivity contribution in [3.63, 3.8) is 0 Å². The molecule has 0 fully saturated rings. The molecule has 0 saturated carbocycles. The lowest BCUT2D eigenvalue weighted by molar-refractivity contribution is -0.148. The first kappa shape index (κ1) is 15.4. The maximum atomic E-state index is 12.5. The maximum absolute atomic E-state index is 12.5. The summed E-state index contributed by atoms with van der Waals surface area (Å²) in [7, 11) is 1.28. The van der Waals surface area contributed by atoms with Gasteiger partial charge in [0.1, 0.15) is 0 Å². The molecular weight excluding hydrogens is 314 g/mol. The smallest absolute Gasteiger partial charge is 0.357 e. The van der Waals surface area contributed by atoms with E-state index < -0.39 is 17.5 Å². The van der Waals surface area contributed by atoms with E-state index in [1.54, 1.807) is 24.3 Å². The number of carbonyl (C=O) groups is 2. The van der Waals surface area contributed by atoms with Crippen molar-refractivity contribution < 1.29 is 14.3 Å². The number of benzene rings is 1. The van der Waals surface area contributed by atoms with Gasteiger partial charge in [0.15, 0.2) is 0 Å². The topological polar surface area (TPSA) is 80.1 Å². The van der Waals surface area contributed by atoms with E-state index in [0.717, 1.165) is 5.56 Å². The Labute approximate surface area is 137 Å². The average Bonchev–Trinajstić information content (AvgIpc) is 3.24. The Morgan fingerprint density at radius 3 is 2.74 bits per heavy atom. The van der Waals surface area contributed by atoms with Crippen LogP contribution in [0.4, 0.5) is 0 Å². The fourth-order valence-electron chi connectivity index (χ4n) is 2.59. The van der Waals surface area contributed by atoms with Crippen molar-refractivity contribution >= 4 is 23.2 Å². The first-order valence-corrected chi connectivity index (χ1v) is 7.98. The van der Waals surface area contributed by atoms with Gasteiger partial charge < -0.3 is 10.1 Å². The van der Waals surface area contributed by atoms with Gasteiger partial charge in [-0.3, -0.25) is 4.79 Å². The first-order valence-electron chi connectivity index (χ1n) is 7.04. The summed E-state index contributed by atoms with van der Waals surface area (Å²) in [5.74, 6) is -1.40. The molecule has 1 aromatic carbocycles. The molecule has 1 aromatic heterocycles. The van der Waals surface area contributed by atoms with Crippen molar-refractivity contribution in [2.24, 2.45) is 10.2 Å². The molecule has 0 saturated heterocycles. The molecule has 2 aromatic rings. The molecule has 0 spiro atoms. The molecular formula is C16H15N3O3S. The fraction of sp³-hybridized carbons (Fsp3) is 0.250. The van der Waals surface area contributed by atoms with Crippen molar-refractivity contribution in [1.29, 1.82) is 0 Å². The van der Waals surface area contributed by atoms with Crippen molar-refractivity contribution in [1.82, 2.24) is 5.32 Å². The van der Waals surface area contributed by atoms with Gasteiger partial charge in [-0.1, -0.05) is 18.2 Å². The number of amides is 1. The van der Waals surface area contributed by atoms with Gasteiger partial charge in [-0.2, -0.15) is 21.6 Å². The molecule has 0 aliphatic carbocycles. The molecule has 1 amide bonds. The summed E-state index contributed by atoms with van der Waals surface area (Å²) in [6.07, 6.45) is 0. The predicted octanol–water partition coefficient (Wildman–Crippen LogP) is 2.60. The van der Waals surface area contributed by atoms with Crippen LogP contribution in [-0.4, -0.2) is 31.2 Å². The van der Waals surface area contributed by atoms with Crippen molar-refractivity contribution in [2.75, 3.05) is 13.7 Å². The molecule has 1 N–H and O–H groups in total. The van der Waals surface area contributed by atoms with E-state index in [9.17, 15) is 9.59 Å². The van der Waals surface area contributed by atoms with E-state index in [1.807, 2.05) is 22.9 Å². The standard InChI is InChI=1S/C16H15N3O3S/c1-22-15(21)16(18-14(20)11-5-3-2-4-6-11)13(9-17-19-16)12-7-8-23-10-12/h2-8,10,13H,9H2,1H3,(H,18,20). The lowest BCUT2D eigenvalue weighted by Crippen LogP contribution is -2.56. The van der Waals surface area contributed by atoms with Gasteiger partial charge in [-0.15, -0.1) is 0 Å². The molecule has 7 heteroatoms. The Bertz CT molecular complexity index is 730. The van der Waals surface area contributed by atoms with E-state index >= 15 is 0 Å². The third-order valence-electron chi connectivity index (χ3n) is 3.78. The van der Waals surface area contributed by atoms with Gasteiger partial charge in [0.05, 0.1) is 19.6 Å².